The zero-order valence-electron chi connectivity index (χ0n) is 19.9. The first kappa shape index (κ1) is 26.5. The molecule has 0 radical (unpaired) electrons. The van der Waals surface area contributed by atoms with Crippen LogP contribution >= 0.6 is 46.7 Å². The fraction of sp³-hybridized carbons (Fsp3) is 0.407. The molecule has 1 aliphatic carbocycles. The van der Waals surface area contributed by atoms with E-state index in [9.17, 15) is 9.59 Å². The fourth-order valence-corrected chi connectivity index (χ4v) is 7.23. The summed E-state index contributed by atoms with van der Waals surface area (Å²) in [6, 6.07) is 15.5. The topological polar surface area (TPSA) is 49.4 Å². The number of nitrogens with one attached hydrogen (secondary N) is 1. The van der Waals surface area contributed by atoms with E-state index in [0.29, 0.717) is 29.2 Å². The lowest BCUT2D eigenvalue weighted by Gasteiger charge is -2.44. The van der Waals surface area contributed by atoms with E-state index in [-0.39, 0.29) is 23.8 Å². The molecule has 4 rings (SSSR count). The molecule has 2 aromatic rings. The zero-order chi connectivity index (χ0) is 24.9. The number of amides is 2. The third kappa shape index (κ3) is 6.79. The highest BCUT2D eigenvalue weighted by Gasteiger charge is 2.42. The molecule has 1 saturated carbocycles. The molecule has 4 unspecified atom stereocenters. The summed E-state index contributed by atoms with van der Waals surface area (Å²) < 4.78 is 0. The predicted octanol–water partition coefficient (Wildman–Crippen LogP) is 6.62. The Kier molecular flexibility index (Phi) is 9.14. The highest BCUT2D eigenvalue weighted by Crippen LogP contribution is 2.43. The van der Waals surface area contributed by atoms with Crippen LogP contribution in [0.3, 0.4) is 0 Å². The van der Waals surface area contributed by atoms with Crippen molar-refractivity contribution < 1.29 is 9.59 Å². The van der Waals surface area contributed by atoms with Crippen molar-refractivity contribution in [3.8, 4) is 0 Å². The molecule has 8 heteroatoms. The smallest absolute Gasteiger partial charge is 0.260 e. The lowest BCUT2D eigenvalue weighted by molar-refractivity contribution is -0.132. The minimum atomic E-state index is -0.0580. The van der Waals surface area contributed by atoms with Gasteiger partial charge in [0.15, 0.2) is 0 Å². The molecule has 35 heavy (non-hydrogen) atoms. The van der Waals surface area contributed by atoms with Crippen LogP contribution < -0.4 is 5.32 Å². The average molecular weight is 550 g/mol. The highest BCUT2D eigenvalue weighted by atomic mass is 35.5. The van der Waals surface area contributed by atoms with Gasteiger partial charge in [-0.1, -0.05) is 48.3 Å². The highest BCUT2D eigenvalue weighted by molar-refractivity contribution is 8.04. The number of likely N-dealkylation sites (N-methyl/N-ethyl adjacent to an activating group) is 1. The Morgan fingerprint density at radius 1 is 1.20 bits per heavy atom. The van der Waals surface area contributed by atoms with E-state index in [1.54, 1.807) is 23.5 Å². The Morgan fingerprint density at radius 2 is 1.94 bits per heavy atom. The van der Waals surface area contributed by atoms with Crippen molar-refractivity contribution in [2.24, 2.45) is 11.8 Å². The number of carbonyl (C=O) groups excluding carboxylic acids is 2. The van der Waals surface area contributed by atoms with Crippen LogP contribution in [-0.2, 0) is 9.59 Å². The summed E-state index contributed by atoms with van der Waals surface area (Å²) in [7, 11) is 1.86. The van der Waals surface area contributed by atoms with Crippen LogP contribution in [0.25, 0.3) is 6.08 Å². The van der Waals surface area contributed by atoms with E-state index < -0.39 is 0 Å². The summed E-state index contributed by atoms with van der Waals surface area (Å²) in [6.07, 6.45) is 4.35. The van der Waals surface area contributed by atoms with E-state index in [0.717, 1.165) is 34.1 Å². The molecule has 4 atom stereocenters. The number of thioether (sulfide) groups is 2. The van der Waals surface area contributed by atoms with Crippen molar-refractivity contribution in [2.75, 3.05) is 19.3 Å². The number of halogens is 2. The van der Waals surface area contributed by atoms with Crippen LogP contribution in [0, 0.1) is 11.8 Å². The van der Waals surface area contributed by atoms with E-state index in [1.165, 1.54) is 4.90 Å². The summed E-state index contributed by atoms with van der Waals surface area (Å²) in [5, 5.41) is 4.83. The van der Waals surface area contributed by atoms with Crippen LogP contribution in [0.4, 0.5) is 0 Å². The number of benzene rings is 2. The molecule has 1 aliphatic heterocycles. The average Bonchev–Trinajstić information content (AvgIpc) is 2.86. The fourth-order valence-electron chi connectivity index (χ4n) is 4.52. The minimum Gasteiger partial charge on any atom is -0.356 e. The maximum atomic E-state index is 13.1. The molecule has 1 N–H and O–H groups in total. The van der Waals surface area contributed by atoms with Crippen molar-refractivity contribution >= 4 is 64.6 Å². The van der Waals surface area contributed by atoms with Crippen LogP contribution in [0.1, 0.15) is 31.7 Å². The predicted molar refractivity (Wildman–Crippen MR) is 149 cm³/mol. The van der Waals surface area contributed by atoms with E-state index in [4.69, 9.17) is 23.2 Å². The van der Waals surface area contributed by atoms with Gasteiger partial charge in [-0.3, -0.25) is 9.59 Å². The van der Waals surface area contributed by atoms with Gasteiger partial charge < -0.3 is 10.2 Å². The first-order valence-corrected chi connectivity index (χ1v) is 14.5. The zero-order valence-corrected chi connectivity index (χ0v) is 23.0. The van der Waals surface area contributed by atoms with Crippen molar-refractivity contribution in [1.82, 2.24) is 10.2 Å². The van der Waals surface area contributed by atoms with Gasteiger partial charge in [0.2, 0.25) is 5.91 Å². The second-order valence-corrected chi connectivity index (χ2v) is 12.5. The quantitative estimate of drug-likeness (QED) is 0.312. The lowest BCUT2D eigenvalue weighted by Crippen LogP contribution is -2.52. The van der Waals surface area contributed by atoms with E-state index >= 15 is 0 Å². The van der Waals surface area contributed by atoms with Crippen LogP contribution in [0.5, 0.6) is 0 Å². The number of hydrogen-bond acceptors (Lipinski definition) is 4. The molecule has 4 nitrogen and oxygen atoms in total. The molecular formula is C27H30Cl2N2O2S2. The monoisotopic (exact) mass is 548 g/mol. The van der Waals surface area contributed by atoms with Crippen LogP contribution in [0.15, 0.2) is 58.3 Å². The van der Waals surface area contributed by atoms with Crippen molar-refractivity contribution in [2.45, 2.75) is 42.4 Å². The van der Waals surface area contributed by atoms with Crippen LogP contribution in [-0.4, -0.2) is 47.4 Å². The Balaban J connectivity index is 1.28. The molecular weight excluding hydrogens is 519 g/mol. The Morgan fingerprint density at radius 3 is 2.69 bits per heavy atom. The molecule has 2 amide bonds. The van der Waals surface area contributed by atoms with Gasteiger partial charge >= 0.3 is 0 Å². The van der Waals surface area contributed by atoms with Gasteiger partial charge in [-0.15, -0.1) is 23.5 Å². The minimum absolute atomic E-state index is 0.00470. The molecule has 2 aromatic carbocycles. The maximum Gasteiger partial charge on any atom is 0.260 e. The number of hydrogen-bond donors (Lipinski definition) is 1. The molecule has 0 bridgehead atoms. The standard InChI is InChI=1S/C27H30Cl2N2O2S2/c1-17(16-34-21-10-8-20(28)9-11-21)15-30-26(32)19-7-12-24-23(13-19)31(2)27(33)25(35-24)14-18-5-3-4-6-22(18)29/h3-6,8-11,14,17,19,23-24H,7,12-13,15-16H2,1-2H3,(H,30,32)/b25-14+. The molecule has 186 valence electrons. The molecule has 0 spiro atoms. The van der Waals surface area contributed by atoms with E-state index in [1.807, 2.05) is 66.6 Å². The molecule has 2 fully saturated rings. The summed E-state index contributed by atoms with van der Waals surface area (Å²) in [6.45, 7) is 2.80. The first-order chi connectivity index (χ1) is 16.8. The van der Waals surface area contributed by atoms with Gasteiger partial charge in [0.1, 0.15) is 0 Å². The number of nitrogens with zero attached hydrogens (tertiary/aromatic N) is 1. The van der Waals surface area contributed by atoms with Gasteiger partial charge in [0.25, 0.3) is 5.91 Å². The number of carbonyl (C=O) groups is 2. The summed E-state index contributed by atoms with van der Waals surface area (Å²) in [5.74, 6) is 1.33. The van der Waals surface area contributed by atoms with E-state index in [2.05, 4.69) is 12.2 Å². The number of fused-ring (bicyclic) bond motifs is 1. The Hall–Kier alpha value is -1.60. The second-order valence-electron chi connectivity index (χ2n) is 9.30. The third-order valence-corrected chi connectivity index (χ3v) is 9.93. The van der Waals surface area contributed by atoms with Crippen molar-refractivity contribution in [3.05, 3.63) is 69.0 Å². The first-order valence-electron chi connectivity index (χ1n) is 11.9. The Labute approximate surface area is 226 Å². The van der Waals surface area contributed by atoms with Gasteiger partial charge in [0.05, 0.1) is 4.91 Å². The van der Waals surface area contributed by atoms with Gasteiger partial charge in [0, 0.05) is 51.5 Å². The van der Waals surface area contributed by atoms with Gasteiger partial charge in [-0.2, -0.15) is 0 Å². The maximum absolute atomic E-state index is 13.1. The van der Waals surface area contributed by atoms with Crippen molar-refractivity contribution in [3.63, 3.8) is 0 Å². The van der Waals surface area contributed by atoms with Gasteiger partial charge in [-0.05, 0) is 67.2 Å². The molecule has 1 saturated heterocycles. The molecule has 2 aliphatic rings. The largest absolute Gasteiger partial charge is 0.356 e. The van der Waals surface area contributed by atoms with Crippen LogP contribution in [0.2, 0.25) is 10.0 Å². The summed E-state index contributed by atoms with van der Waals surface area (Å²) in [4.78, 5) is 29.8. The summed E-state index contributed by atoms with van der Waals surface area (Å²) in [5.41, 5.74) is 0.855. The second kappa shape index (κ2) is 12.1. The third-order valence-electron chi connectivity index (χ3n) is 6.60. The summed E-state index contributed by atoms with van der Waals surface area (Å²) >= 11 is 15.7. The molecule has 1 heterocycles. The van der Waals surface area contributed by atoms with Crippen molar-refractivity contribution in [1.29, 1.82) is 0 Å². The Bertz CT molecular complexity index is 1090. The number of rotatable bonds is 7. The van der Waals surface area contributed by atoms with Gasteiger partial charge in [-0.25, -0.2) is 0 Å². The lowest BCUT2D eigenvalue weighted by atomic mass is 9.83. The SMILES string of the molecule is CC(CNC(=O)C1CCC2S/C(=C/c3ccccc3Cl)C(=O)N(C)C2C1)CSc1ccc(Cl)cc1. The normalized spacial score (nSPS) is 24.2. The molecule has 0 aromatic heterocycles.